The van der Waals surface area contributed by atoms with Crippen molar-refractivity contribution >= 4 is 63.3 Å². The Bertz CT molecular complexity index is 1590. The first-order valence-electron chi connectivity index (χ1n) is 12.8. The maximum absolute atomic E-state index is 13.3. The lowest BCUT2D eigenvalue weighted by Crippen LogP contribution is -2.40. The van der Waals surface area contributed by atoms with Crippen LogP contribution in [0.3, 0.4) is 0 Å². The molecule has 0 radical (unpaired) electrons. The topological polar surface area (TPSA) is 113 Å². The zero-order chi connectivity index (χ0) is 29.5. The molecule has 0 atom stereocenters. The molecule has 3 aromatic carbocycles. The van der Waals surface area contributed by atoms with Gasteiger partial charge in [0.25, 0.3) is 5.91 Å². The Hall–Kier alpha value is -4.34. The average Bonchev–Trinajstić information content (AvgIpc) is 2.95. The van der Waals surface area contributed by atoms with Gasteiger partial charge in [-0.1, -0.05) is 53.5 Å². The molecule has 0 aliphatic heterocycles. The summed E-state index contributed by atoms with van der Waals surface area (Å²) in [5.41, 5.74) is 3.18. The molecule has 1 heterocycles. The van der Waals surface area contributed by atoms with Gasteiger partial charge in [0.2, 0.25) is 5.91 Å². The summed E-state index contributed by atoms with van der Waals surface area (Å²) in [5, 5.41) is 9.55. The molecule has 4 aromatic rings. The number of likely N-dealkylation sites (N-methyl/N-ethyl adjacent to an activating group) is 1. The van der Waals surface area contributed by atoms with Crippen molar-refractivity contribution in [3.8, 4) is 5.75 Å². The van der Waals surface area contributed by atoms with Crippen molar-refractivity contribution in [1.82, 2.24) is 15.6 Å². The Morgan fingerprint density at radius 2 is 1.66 bits per heavy atom. The molecule has 0 aliphatic carbocycles. The molecule has 4 amide bonds. The van der Waals surface area contributed by atoms with Crippen LogP contribution in [0.1, 0.15) is 28.5 Å². The number of halogens is 2. The fourth-order valence-corrected chi connectivity index (χ4v) is 4.70. The number of amides is 4. The number of hydrogen-bond donors (Lipinski definition) is 3. The molecule has 0 unspecified atom stereocenters. The van der Waals surface area contributed by atoms with E-state index in [-0.39, 0.29) is 19.1 Å². The van der Waals surface area contributed by atoms with Crippen molar-refractivity contribution in [3.63, 3.8) is 0 Å². The highest BCUT2D eigenvalue weighted by molar-refractivity contribution is 6.36. The van der Waals surface area contributed by atoms with Crippen LogP contribution in [-0.4, -0.2) is 43.0 Å². The van der Waals surface area contributed by atoms with Crippen LogP contribution in [0.25, 0.3) is 10.9 Å². The molecule has 9 nitrogen and oxygen atoms in total. The number of nitrogens with one attached hydrogen (secondary N) is 3. The summed E-state index contributed by atoms with van der Waals surface area (Å²) >= 11 is 12.7. The van der Waals surface area contributed by atoms with Crippen LogP contribution in [0, 0.1) is 6.92 Å². The van der Waals surface area contributed by atoms with E-state index in [0.29, 0.717) is 61.4 Å². The van der Waals surface area contributed by atoms with Gasteiger partial charge in [-0.15, -0.1) is 0 Å². The van der Waals surface area contributed by atoms with Crippen molar-refractivity contribution in [1.29, 1.82) is 0 Å². The molecule has 212 valence electrons. The van der Waals surface area contributed by atoms with Crippen LogP contribution in [0.5, 0.6) is 5.75 Å². The second kappa shape index (κ2) is 13.3. The van der Waals surface area contributed by atoms with Gasteiger partial charge in [0.15, 0.2) is 5.75 Å². The third kappa shape index (κ3) is 7.06. The van der Waals surface area contributed by atoms with Gasteiger partial charge >= 0.3 is 6.03 Å². The van der Waals surface area contributed by atoms with E-state index in [1.165, 1.54) is 4.90 Å². The first kappa shape index (κ1) is 29.6. The maximum atomic E-state index is 13.3. The van der Waals surface area contributed by atoms with E-state index in [1.54, 1.807) is 56.4 Å². The highest BCUT2D eigenvalue weighted by Crippen LogP contribution is 2.38. The van der Waals surface area contributed by atoms with Crippen LogP contribution in [0.15, 0.2) is 66.7 Å². The molecule has 1 aromatic heterocycles. The lowest BCUT2D eigenvalue weighted by molar-refractivity contribution is -0.117. The van der Waals surface area contributed by atoms with Gasteiger partial charge in [0.05, 0.1) is 23.4 Å². The average molecular weight is 594 g/mol. The van der Waals surface area contributed by atoms with Crippen molar-refractivity contribution < 1.29 is 19.1 Å². The molecule has 0 saturated heterocycles. The predicted molar refractivity (Wildman–Crippen MR) is 162 cm³/mol. The summed E-state index contributed by atoms with van der Waals surface area (Å²) in [6, 6.07) is 18.5. The fourth-order valence-electron chi connectivity index (χ4n) is 4.19. The lowest BCUT2D eigenvalue weighted by atomic mass is 10.1. The Labute approximate surface area is 247 Å². The molecule has 0 saturated carbocycles. The Morgan fingerprint density at radius 1 is 0.951 bits per heavy atom. The number of anilines is 2. The first-order valence-corrected chi connectivity index (χ1v) is 13.6. The van der Waals surface area contributed by atoms with Gasteiger partial charge in [0, 0.05) is 45.8 Å². The number of urea groups is 1. The number of ether oxygens (including phenoxy) is 1. The number of rotatable bonds is 9. The van der Waals surface area contributed by atoms with Crippen LogP contribution in [0.2, 0.25) is 10.0 Å². The second-order valence-electron chi connectivity index (χ2n) is 9.08. The van der Waals surface area contributed by atoms with Crippen LogP contribution in [0.4, 0.5) is 16.2 Å². The number of benzene rings is 3. The molecule has 0 bridgehead atoms. The predicted octanol–water partition coefficient (Wildman–Crippen LogP) is 5.96. The minimum Gasteiger partial charge on any atom is -0.485 e. The quantitative estimate of drug-likeness (QED) is 0.221. The minimum absolute atomic E-state index is 0.0599. The Kier molecular flexibility index (Phi) is 9.65. The molecule has 11 heteroatoms. The third-order valence-electron chi connectivity index (χ3n) is 6.24. The summed E-state index contributed by atoms with van der Waals surface area (Å²) < 4.78 is 6.19. The molecular weight excluding hydrogens is 565 g/mol. The Balaban J connectivity index is 1.52. The van der Waals surface area contributed by atoms with Crippen molar-refractivity contribution in [2.75, 3.05) is 30.4 Å². The van der Waals surface area contributed by atoms with E-state index >= 15 is 0 Å². The number of para-hydroxylation sites is 1. The number of aryl methyl sites for hydroxylation is 1. The normalized spacial score (nSPS) is 10.7. The van der Waals surface area contributed by atoms with Gasteiger partial charge in [-0.2, -0.15) is 0 Å². The number of fused-ring (bicyclic) bond motifs is 1. The Morgan fingerprint density at radius 3 is 2.39 bits per heavy atom. The highest BCUT2D eigenvalue weighted by Gasteiger charge is 2.23. The van der Waals surface area contributed by atoms with E-state index < -0.39 is 11.9 Å². The van der Waals surface area contributed by atoms with E-state index in [1.807, 2.05) is 31.2 Å². The molecule has 4 rings (SSSR count). The van der Waals surface area contributed by atoms with Crippen LogP contribution < -0.4 is 25.6 Å². The van der Waals surface area contributed by atoms with E-state index in [0.717, 1.165) is 0 Å². The third-order valence-corrected chi connectivity index (χ3v) is 6.95. The van der Waals surface area contributed by atoms with Crippen molar-refractivity contribution in [3.05, 3.63) is 93.6 Å². The van der Waals surface area contributed by atoms with E-state index in [4.69, 9.17) is 27.9 Å². The summed E-state index contributed by atoms with van der Waals surface area (Å²) in [4.78, 5) is 44.1. The monoisotopic (exact) mass is 593 g/mol. The number of nitrogens with zero attached hydrogens (tertiary/aromatic N) is 2. The molecule has 0 spiro atoms. The molecular formula is C30H29Cl2N5O4. The SMILES string of the molecule is CCNC(=O)c1cccc(NC(=O)NCC(=O)N(C)c2c(OCc3c(Cl)cccc3Cl)c(C)nc3ccccc23)c1. The summed E-state index contributed by atoms with van der Waals surface area (Å²) in [5.74, 6) is -0.252. The fraction of sp³-hybridized carbons (Fsp3) is 0.200. The van der Waals surface area contributed by atoms with Gasteiger partial charge in [-0.25, -0.2) is 9.78 Å². The van der Waals surface area contributed by atoms with Crippen molar-refractivity contribution in [2.45, 2.75) is 20.5 Å². The number of pyridine rings is 1. The zero-order valence-electron chi connectivity index (χ0n) is 22.8. The largest absolute Gasteiger partial charge is 0.485 e. The number of carbonyl (C=O) groups excluding carboxylic acids is 3. The second-order valence-corrected chi connectivity index (χ2v) is 9.90. The summed E-state index contributed by atoms with van der Waals surface area (Å²) in [7, 11) is 1.61. The zero-order valence-corrected chi connectivity index (χ0v) is 24.3. The molecule has 0 fully saturated rings. The van der Waals surface area contributed by atoms with Crippen LogP contribution in [-0.2, 0) is 11.4 Å². The van der Waals surface area contributed by atoms with Gasteiger partial charge in [0.1, 0.15) is 6.61 Å². The summed E-state index contributed by atoms with van der Waals surface area (Å²) in [6.45, 7) is 3.85. The maximum Gasteiger partial charge on any atom is 0.319 e. The molecule has 3 N–H and O–H groups in total. The van der Waals surface area contributed by atoms with Crippen molar-refractivity contribution in [2.24, 2.45) is 0 Å². The van der Waals surface area contributed by atoms with Gasteiger partial charge in [-0.3, -0.25) is 9.59 Å². The van der Waals surface area contributed by atoms with E-state index in [2.05, 4.69) is 20.9 Å². The van der Waals surface area contributed by atoms with Gasteiger partial charge in [-0.05, 0) is 50.2 Å². The van der Waals surface area contributed by atoms with Gasteiger partial charge < -0.3 is 25.6 Å². The molecule has 41 heavy (non-hydrogen) atoms. The first-order chi connectivity index (χ1) is 19.7. The number of carbonyl (C=O) groups is 3. The summed E-state index contributed by atoms with van der Waals surface area (Å²) in [6.07, 6.45) is 0. The minimum atomic E-state index is -0.597. The standard InChI is InChI=1S/C30H29Cl2N5O4/c1-4-33-29(39)19-9-7-10-20(15-19)36-30(40)34-16-26(38)37(3)27-21-11-5-6-14-25(21)35-18(2)28(27)41-17-22-23(31)12-8-13-24(22)32/h5-15H,4,16-17H2,1-3H3,(H,33,39)(H2,34,36,40). The van der Waals surface area contributed by atoms with E-state index in [9.17, 15) is 14.4 Å². The highest BCUT2D eigenvalue weighted by atomic mass is 35.5. The lowest BCUT2D eigenvalue weighted by Gasteiger charge is -2.24. The number of hydrogen-bond acceptors (Lipinski definition) is 5. The molecule has 0 aliphatic rings. The smallest absolute Gasteiger partial charge is 0.319 e. The number of aromatic nitrogens is 1. The van der Waals surface area contributed by atoms with Crippen LogP contribution >= 0.6 is 23.2 Å².